The highest BCUT2D eigenvalue weighted by Crippen LogP contribution is 2.19. The van der Waals surface area contributed by atoms with Crippen molar-refractivity contribution >= 4 is 23.0 Å². The summed E-state index contributed by atoms with van der Waals surface area (Å²) in [4.78, 5) is 11.4. The molecule has 0 aliphatic rings. The first-order chi connectivity index (χ1) is 8.79. The van der Waals surface area contributed by atoms with Crippen LogP contribution in [0.5, 0.6) is 0 Å². The molecule has 0 amide bonds. The normalized spacial score (nSPS) is 11.2. The van der Waals surface area contributed by atoms with Crippen molar-refractivity contribution in [2.75, 3.05) is 6.61 Å². The number of para-hydroxylation sites is 1. The lowest BCUT2D eigenvalue weighted by molar-refractivity contribution is -0.137. The van der Waals surface area contributed by atoms with Crippen molar-refractivity contribution in [3.05, 3.63) is 42.2 Å². The molecule has 3 nitrogen and oxygen atoms in total. The highest BCUT2D eigenvalue weighted by molar-refractivity contribution is 5.88. The number of esters is 1. The SMILES string of the molecule is CCCCOC(=O)/C=C/c1cc2ccccc2o1. The van der Waals surface area contributed by atoms with Crippen LogP contribution >= 0.6 is 0 Å². The fourth-order valence-electron chi connectivity index (χ4n) is 1.60. The first-order valence-electron chi connectivity index (χ1n) is 6.13. The number of unbranched alkanes of at least 4 members (excludes halogenated alkanes) is 1. The minimum atomic E-state index is -0.330. The molecular formula is C15H16O3. The second-order valence-electron chi connectivity index (χ2n) is 4.04. The quantitative estimate of drug-likeness (QED) is 0.456. The van der Waals surface area contributed by atoms with Crippen molar-refractivity contribution in [3.8, 4) is 0 Å². The van der Waals surface area contributed by atoms with Crippen LogP contribution in [0.15, 0.2) is 40.8 Å². The Morgan fingerprint density at radius 3 is 3.00 bits per heavy atom. The average Bonchev–Trinajstić information content (AvgIpc) is 2.79. The predicted molar refractivity (Wildman–Crippen MR) is 71.1 cm³/mol. The van der Waals surface area contributed by atoms with Crippen LogP contribution in [0.2, 0.25) is 0 Å². The van der Waals surface area contributed by atoms with Gasteiger partial charge in [-0.15, -0.1) is 0 Å². The maximum Gasteiger partial charge on any atom is 0.330 e. The third-order valence-corrected chi connectivity index (χ3v) is 2.57. The lowest BCUT2D eigenvalue weighted by Crippen LogP contribution is -2.01. The van der Waals surface area contributed by atoms with E-state index in [-0.39, 0.29) is 5.97 Å². The molecule has 94 valence electrons. The van der Waals surface area contributed by atoms with Gasteiger partial charge in [-0.3, -0.25) is 0 Å². The molecule has 1 aromatic carbocycles. The highest BCUT2D eigenvalue weighted by atomic mass is 16.5. The average molecular weight is 244 g/mol. The van der Waals surface area contributed by atoms with E-state index in [1.54, 1.807) is 6.08 Å². The second-order valence-corrected chi connectivity index (χ2v) is 4.04. The summed E-state index contributed by atoms with van der Waals surface area (Å²) in [5, 5.41) is 1.02. The summed E-state index contributed by atoms with van der Waals surface area (Å²) in [6.45, 7) is 2.53. The largest absolute Gasteiger partial charge is 0.463 e. The Morgan fingerprint density at radius 1 is 1.39 bits per heavy atom. The van der Waals surface area contributed by atoms with Gasteiger partial charge in [0.15, 0.2) is 0 Å². The molecule has 0 spiro atoms. The van der Waals surface area contributed by atoms with E-state index in [1.807, 2.05) is 30.3 Å². The fourth-order valence-corrected chi connectivity index (χ4v) is 1.60. The molecule has 0 radical (unpaired) electrons. The molecule has 1 heterocycles. The molecule has 0 unspecified atom stereocenters. The molecular weight excluding hydrogens is 228 g/mol. The first kappa shape index (κ1) is 12.4. The van der Waals surface area contributed by atoms with Crippen molar-refractivity contribution in [3.63, 3.8) is 0 Å². The van der Waals surface area contributed by atoms with Gasteiger partial charge >= 0.3 is 5.97 Å². The summed E-state index contributed by atoms with van der Waals surface area (Å²) < 4.78 is 10.6. The van der Waals surface area contributed by atoms with Crippen LogP contribution in [0.3, 0.4) is 0 Å². The monoisotopic (exact) mass is 244 g/mol. The molecule has 0 aliphatic carbocycles. The number of carbonyl (C=O) groups is 1. The number of carbonyl (C=O) groups excluding carboxylic acids is 1. The maximum atomic E-state index is 11.4. The molecule has 0 atom stereocenters. The standard InChI is InChI=1S/C15H16O3/c1-2-3-10-17-15(16)9-8-13-11-12-6-4-5-7-14(12)18-13/h4-9,11H,2-3,10H2,1H3/b9-8+. The van der Waals surface area contributed by atoms with Crippen LogP contribution in [0.4, 0.5) is 0 Å². The van der Waals surface area contributed by atoms with Gasteiger partial charge in [-0.1, -0.05) is 31.5 Å². The number of ether oxygens (including phenoxy) is 1. The number of benzene rings is 1. The van der Waals surface area contributed by atoms with Crippen LogP contribution in [0, 0.1) is 0 Å². The first-order valence-corrected chi connectivity index (χ1v) is 6.13. The molecule has 0 fully saturated rings. The Balaban J connectivity index is 1.98. The highest BCUT2D eigenvalue weighted by Gasteiger charge is 2.01. The van der Waals surface area contributed by atoms with E-state index in [2.05, 4.69) is 6.92 Å². The van der Waals surface area contributed by atoms with E-state index in [0.29, 0.717) is 12.4 Å². The fraction of sp³-hybridized carbons (Fsp3) is 0.267. The van der Waals surface area contributed by atoms with Gasteiger partial charge in [0.1, 0.15) is 11.3 Å². The van der Waals surface area contributed by atoms with Gasteiger partial charge in [0.05, 0.1) is 6.61 Å². The summed E-state index contributed by atoms with van der Waals surface area (Å²) in [6.07, 6.45) is 4.94. The van der Waals surface area contributed by atoms with Crippen molar-refractivity contribution in [1.82, 2.24) is 0 Å². The summed E-state index contributed by atoms with van der Waals surface area (Å²) >= 11 is 0. The van der Waals surface area contributed by atoms with Gasteiger partial charge in [-0.25, -0.2) is 4.79 Å². The van der Waals surface area contributed by atoms with E-state index < -0.39 is 0 Å². The number of fused-ring (bicyclic) bond motifs is 1. The van der Waals surface area contributed by atoms with E-state index in [9.17, 15) is 4.79 Å². The van der Waals surface area contributed by atoms with Crippen LogP contribution in [0.1, 0.15) is 25.5 Å². The topological polar surface area (TPSA) is 39.4 Å². The Kier molecular flexibility index (Phi) is 4.18. The number of rotatable bonds is 5. The maximum absolute atomic E-state index is 11.4. The second kappa shape index (κ2) is 6.05. The third-order valence-electron chi connectivity index (χ3n) is 2.57. The Labute approximate surface area is 106 Å². The zero-order chi connectivity index (χ0) is 12.8. The van der Waals surface area contributed by atoms with E-state index in [4.69, 9.17) is 9.15 Å². The third kappa shape index (κ3) is 3.23. The van der Waals surface area contributed by atoms with Gasteiger partial charge in [0.2, 0.25) is 0 Å². The molecule has 0 bridgehead atoms. The van der Waals surface area contributed by atoms with Gasteiger partial charge in [0, 0.05) is 11.5 Å². The molecule has 0 saturated carbocycles. The van der Waals surface area contributed by atoms with Gasteiger partial charge in [-0.2, -0.15) is 0 Å². The smallest absolute Gasteiger partial charge is 0.330 e. The van der Waals surface area contributed by atoms with Gasteiger partial charge < -0.3 is 9.15 Å². The Hall–Kier alpha value is -2.03. The summed E-state index contributed by atoms with van der Waals surface area (Å²) in [5.41, 5.74) is 0.816. The molecule has 2 aromatic rings. The minimum Gasteiger partial charge on any atom is -0.463 e. The van der Waals surface area contributed by atoms with Crippen LogP contribution < -0.4 is 0 Å². The summed E-state index contributed by atoms with van der Waals surface area (Å²) in [5.74, 6) is 0.326. The summed E-state index contributed by atoms with van der Waals surface area (Å²) in [6, 6.07) is 9.62. The van der Waals surface area contributed by atoms with Gasteiger partial charge in [-0.05, 0) is 24.6 Å². The predicted octanol–water partition coefficient (Wildman–Crippen LogP) is 3.79. The van der Waals surface area contributed by atoms with Crippen molar-refractivity contribution in [2.24, 2.45) is 0 Å². The van der Waals surface area contributed by atoms with Crippen molar-refractivity contribution < 1.29 is 13.9 Å². The number of hydrogen-bond acceptors (Lipinski definition) is 3. The molecule has 0 N–H and O–H groups in total. The Bertz CT molecular complexity index is 519. The van der Waals surface area contributed by atoms with E-state index in [0.717, 1.165) is 23.8 Å². The number of hydrogen-bond donors (Lipinski definition) is 0. The van der Waals surface area contributed by atoms with Crippen LogP contribution in [0.25, 0.3) is 17.0 Å². The van der Waals surface area contributed by atoms with Crippen LogP contribution in [-0.2, 0) is 9.53 Å². The molecule has 3 heteroatoms. The zero-order valence-corrected chi connectivity index (χ0v) is 10.4. The molecule has 0 aliphatic heterocycles. The van der Waals surface area contributed by atoms with Gasteiger partial charge in [0.25, 0.3) is 0 Å². The van der Waals surface area contributed by atoms with E-state index >= 15 is 0 Å². The number of furan rings is 1. The summed E-state index contributed by atoms with van der Waals surface area (Å²) in [7, 11) is 0. The molecule has 0 saturated heterocycles. The van der Waals surface area contributed by atoms with Crippen LogP contribution in [-0.4, -0.2) is 12.6 Å². The van der Waals surface area contributed by atoms with Crippen molar-refractivity contribution in [1.29, 1.82) is 0 Å². The van der Waals surface area contributed by atoms with Crippen molar-refractivity contribution in [2.45, 2.75) is 19.8 Å². The minimum absolute atomic E-state index is 0.330. The molecule has 2 rings (SSSR count). The molecule has 18 heavy (non-hydrogen) atoms. The lowest BCUT2D eigenvalue weighted by Gasteiger charge is -1.98. The Morgan fingerprint density at radius 2 is 2.22 bits per heavy atom. The zero-order valence-electron chi connectivity index (χ0n) is 10.4. The molecule has 1 aromatic heterocycles. The van der Waals surface area contributed by atoms with E-state index in [1.165, 1.54) is 6.08 Å². The lowest BCUT2D eigenvalue weighted by atomic mass is 10.2.